The van der Waals surface area contributed by atoms with Gasteiger partial charge in [0.1, 0.15) is 13.1 Å². The van der Waals surface area contributed by atoms with Crippen molar-refractivity contribution < 1.29 is 4.35 Å². The Labute approximate surface area is 118 Å². The summed E-state index contributed by atoms with van der Waals surface area (Å²) in [5.74, 6) is 1.24. The van der Waals surface area contributed by atoms with Gasteiger partial charge in [-0.2, -0.15) is 0 Å². The molecule has 1 N–H and O–H groups in total. The molecule has 2 saturated heterocycles. The first-order chi connectivity index (χ1) is 9.30. The van der Waals surface area contributed by atoms with Crippen molar-refractivity contribution in [3.8, 4) is 0 Å². The van der Waals surface area contributed by atoms with Crippen molar-refractivity contribution in [3.63, 3.8) is 0 Å². The van der Waals surface area contributed by atoms with Gasteiger partial charge in [-0.05, 0) is 23.9 Å². The monoisotopic (exact) mass is 293 g/mol. The quantitative estimate of drug-likeness (QED) is 0.657. The molecule has 0 spiro atoms. The summed E-state index contributed by atoms with van der Waals surface area (Å²) in [6.07, 6.45) is 0. The molecular formula is C13H18N4PS+. The first-order valence-corrected chi connectivity index (χ1v) is 9.51. The van der Waals surface area contributed by atoms with E-state index < -0.39 is 6.49 Å². The highest BCUT2D eigenvalue weighted by Crippen LogP contribution is 2.61. The van der Waals surface area contributed by atoms with Crippen LogP contribution in [0.3, 0.4) is 0 Å². The van der Waals surface area contributed by atoms with Gasteiger partial charge in [0, 0.05) is 26.2 Å². The van der Waals surface area contributed by atoms with E-state index in [9.17, 15) is 0 Å². The Morgan fingerprint density at radius 3 is 2.26 bits per heavy atom. The number of rotatable bonds is 4. The normalized spacial score (nSPS) is 23.6. The topological polar surface area (TPSA) is 21.1 Å². The van der Waals surface area contributed by atoms with Gasteiger partial charge < -0.3 is 0 Å². The summed E-state index contributed by atoms with van der Waals surface area (Å²) in [5, 5.41) is 3.54. The van der Waals surface area contributed by atoms with Crippen molar-refractivity contribution in [1.29, 1.82) is 0 Å². The molecule has 3 heterocycles. The standard InChI is InChI=1S/C13H17N4PS/c19-18(15-8-9-15,16-10-11-16)17-7-6-14-13(17)12-4-2-1-3-5-12/h1-5H,6-11H2/p+1. The van der Waals surface area contributed by atoms with Crippen LogP contribution in [-0.2, 0) is 11.8 Å². The van der Waals surface area contributed by atoms with Gasteiger partial charge in [-0.25, -0.2) is 13.7 Å². The van der Waals surface area contributed by atoms with E-state index in [-0.39, 0.29) is 0 Å². The van der Waals surface area contributed by atoms with E-state index >= 15 is 0 Å². The van der Waals surface area contributed by atoms with Gasteiger partial charge in [-0.15, -0.1) is 0 Å². The SMILES string of the molecule is S=P(N1CC1)(N1CC1)[N+]1=C(c2ccccc2)NCC1. The van der Waals surface area contributed by atoms with Crippen LogP contribution >= 0.6 is 6.49 Å². The van der Waals surface area contributed by atoms with Crippen molar-refractivity contribution in [3.05, 3.63) is 35.9 Å². The Balaban J connectivity index is 1.81. The highest BCUT2D eigenvalue weighted by atomic mass is 32.4. The smallest absolute Gasteiger partial charge is 0.270 e. The number of benzene rings is 1. The van der Waals surface area contributed by atoms with E-state index in [2.05, 4.69) is 49.3 Å². The minimum absolute atomic E-state index is 1.00. The van der Waals surface area contributed by atoms with Gasteiger partial charge in [0.25, 0.3) is 12.3 Å². The highest BCUT2D eigenvalue weighted by molar-refractivity contribution is 8.09. The van der Waals surface area contributed by atoms with Gasteiger partial charge in [0.2, 0.25) is 0 Å². The molecule has 1 aromatic carbocycles. The molecule has 1 aromatic rings. The fraction of sp³-hybridized carbons (Fsp3) is 0.462. The minimum atomic E-state index is -1.68. The fourth-order valence-corrected chi connectivity index (χ4v) is 7.15. The maximum Gasteiger partial charge on any atom is 0.282 e. The third kappa shape index (κ3) is 1.96. The lowest BCUT2D eigenvalue weighted by Crippen LogP contribution is -2.26. The van der Waals surface area contributed by atoms with Gasteiger partial charge in [-0.1, -0.05) is 18.2 Å². The van der Waals surface area contributed by atoms with Crippen molar-refractivity contribution in [2.75, 3.05) is 39.3 Å². The molecule has 0 atom stereocenters. The third-order valence-corrected chi connectivity index (χ3v) is 9.10. The van der Waals surface area contributed by atoms with E-state index in [0.29, 0.717) is 0 Å². The van der Waals surface area contributed by atoms with Crippen molar-refractivity contribution in [1.82, 2.24) is 14.7 Å². The van der Waals surface area contributed by atoms with Crippen LogP contribution in [0.1, 0.15) is 5.56 Å². The number of hydrogen-bond acceptors (Lipinski definition) is 2. The molecule has 0 amide bonds. The van der Waals surface area contributed by atoms with E-state index in [4.69, 9.17) is 11.8 Å². The maximum atomic E-state index is 6.14. The van der Waals surface area contributed by atoms with Gasteiger partial charge in [0.15, 0.2) is 0 Å². The number of hydrogen-bond donors (Lipinski definition) is 1. The summed E-state index contributed by atoms with van der Waals surface area (Å²) in [7, 11) is 0. The molecule has 0 radical (unpaired) electrons. The molecule has 0 bridgehead atoms. The van der Waals surface area contributed by atoms with Crippen LogP contribution in [0.15, 0.2) is 30.3 Å². The zero-order chi connectivity index (χ0) is 12.9. The molecule has 100 valence electrons. The summed E-state index contributed by atoms with van der Waals surface area (Å²) in [4.78, 5) is 0. The Hall–Kier alpha value is -0.740. The van der Waals surface area contributed by atoms with Crippen LogP contribution in [0.5, 0.6) is 0 Å². The maximum absolute atomic E-state index is 6.14. The fourth-order valence-electron chi connectivity index (χ4n) is 2.69. The van der Waals surface area contributed by atoms with Gasteiger partial charge in [-0.3, -0.25) is 5.32 Å². The van der Waals surface area contributed by atoms with Crippen LogP contribution < -0.4 is 5.32 Å². The molecule has 0 unspecified atom stereocenters. The zero-order valence-electron chi connectivity index (χ0n) is 10.8. The predicted molar refractivity (Wildman–Crippen MR) is 81.1 cm³/mol. The highest BCUT2D eigenvalue weighted by Gasteiger charge is 2.51. The third-order valence-electron chi connectivity index (χ3n) is 3.82. The summed E-state index contributed by atoms with van der Waals surface area (Å²) < 4.78 is 7.47. The van der Waals surface area contributed by atoms with Gasteiger partial charge >= 0.3 is 0 Å². The van der Waals surface area contributed by atoms with E-state index in [1.54, 1.807) is 0 Å². The molecule has 2 fully saturated rings. The molecule has 3 aliphatic heterocycles. The van der Waals surface area contributed by atoms with Crippen molar-refractivity contribution >= 4 is 24.1 Å². The molecule has 4 nitrogen and oxygen atoms in total. The van der Waals surface area contributed by atoms with Crippen LogP contribution in [-0.4, -0.2) is 58.8 Å². The number of nitrogens with one attached hydrogen (secondary N) is 1. The number of amidine groups is 1. The molecule has 0 aromatic heterocycles. The lowest BCUT2D eigenvalue weighted by molar-refractivity contribution is -0.361. The summed E-state index contributed by atoms with van der Waals surface area (Å²) >= 11 is 6.14. The average molecular weight is 293 g/mol. The van der Waals surface area contributed by atoms with E-state index in [1.807, 2.05) is 0 Å². The Morgan fingerprint density at radius 2 is 1.68 bits per heavy atom. The van der Waals surface area contributed by atoms with E-state index in [0.717, 1.165) is 13.1 Å². The summed E-state index contributed by atoms with van der Waals surface area (Å²) in [5.41, 5.74) is 1.26. The summed E-state index contributed by atoms with van der Waals surface area (Å²) in [6, 6.07) is 10.6. The Morgan fingerprint density at radius 1 is 1.05 bits per heavy atom. The molecule has 3 aliphatic rings. The molecule has 0 aliphatic carbocycles. The lowest BCUT2D eigenvalue weighted by Gasteiger charge is -2.23. The summed E-state index contributed by atoms with van der Waals surface area (Å²) in [6.45, 7) is 5.06. The Bertz CT molecular complexity index is 562. The second kappa shape index (κ2) is 4.38. The van der Waals surface area contributed by atoms with Crippen molar-refractivity contribution in [2.45, 2.75) is 0 Å². The molecular weight excluding hydrogens is 275 g/mol. The average Bonchev–Trinajstić information content (AvgIpc) is 3.35. The lowest BCUT2D eigenvalue weighted by atomic mass is 10.2. The van der Waals surface area contributed by atoms with Crippen LogP contribution in [0.25, 0.3) is 0 Å². The van der Waals surface area contributed by atoms with E-state index in [1.165, 1.54) is 37.6 Å². The first kappa shape index (κ1) is 12.0. The second-order valence-electron chi connectivity index (χ2n) is 5.19. The van der Waals surface area contributed by atoms with Gasteiger partial charge in [0.05, 0.1) is 5.56 Å². The molecule has 6 heteroatoms. The molecule has 19 heavy (non-hydrogen) atoms. The van der Waals surface area contributed by atoms with Crippen LogP contribution in [0, 0.1) is 0 Å². The predicted octanol–water partition coefficient (Wildman–Crippen LogP) is 0.905. The number of nitrogens with zero attached hydrogens (tertiary/aromatic N) is 3. The largest absolute Gasteiger partial charge is 0.282 e. The minimum Gasteiger partial charge on any atom is -0.270 e. The first-order valence-electron chi connectivity index (χ1n) is 6.85. The molecule has 4 rings (SSSR count). The second-order valence-corrected chi connectivity index (χ2v) is 9.30. The Kier molecular flexibility index (Phi) is 2.78. The molecule has 0 saturated carbocycles. The zero-order valence-corrected chi connectivity index (χ0v) is 12.5. The van der Waals surface area contributed by atoms with Crippen LogP contribution in [0.4, 0.5) is 0 Å². The van der Waals surface area contributed by atoms with Crippen molar-refractivity contribution in [2.24, 2.45) is 0 Å². The van der Waals surface area contributed by atoms with Crippen LogP contribution in [0.2, 0.25) is 0 Å².